The van der Waals surface area contributed by atoms with E-state index in [1.807, 2.05) is 54.4 Å². The molecule has 0 saturated carbocycles. The van der Waals surface area contributed by atoms with E-state index in [1.54, 1.807) is 0 Å². The summed E-state index contributed by atoms with van der Waals surface area (Å²) in [5, 5.41) is 2.99. The van der Waals surface area contributed by atoms with E-state index in [0.29, 0.717) is 31.1 Å². The normalized spacial score (nSPS) is 14.7. The van der Waals surface area contributed by atoms with E-state index in [0.717, 1.165) is 49.6 Å². The van der Waals surface area contributed by atoms with E-state index in [-0.39, 0.29) is 6.03 Å². The molecule has 1 aromatic carbocycles. The number of fused-ring (bicyclic) bond motifs is 1. The third-order valence-electron chi connectivity index (χ3n) is 5.63. The average molecular weight is 423 g/mol. The zero-order chi connectivity index (χ0) is 21.6. The first-order valence-electron chi connectivity index (χ1n) is 11.0. The van der Waals surface area contributed by atoms with Crippen LogP contribution in [-0.2, 0) is 13.0 Å². The number of piperazine rings is 1. The number of rotatable bonds is 7. The molecule has 164 valence electrons. The van der Waals surface area contributed by atoms with Gasteiger partial charge < -0.3 is 19.5 Å². The molecule has 2 amide bonds. The maximum Gasteiger partial charge on any atom is 0.322 e. The highest BCUT2D eigenvalue weighted by Crippen LogP contribution is 2.24. The topological polar surface area (TPSA) is 75.5 Å². The third kappa shape index (κ3) is 4.80. The summed E-state index contributed by atoms with van der Waals surface area (Å²) >= 11 is 0. The number of urea groups is 1. The predicted octanol–water partition coefficient (Wildman–Crippen LogP) is 3.24. The van der Waals surface area contributed by atoms with Crippen molar-refractivity contribution < 1.29 is 9.53 Å². The van der Waals surface area contributed by atoms with Gasteiger partial charge in [-0.2, -0.15) is 0 Å². The maximum atomic E-state index is 12.7. The molecular formula is C23H30N6O2. The molecule has 8 heteroatoms. The van der Waals surface area contributed by atoms with Crippen molar-refractivity contribution in [2.45, 2.75) is 26.8 Å². The van der Waals surface area contributed by atoms with Crippen molar-refractivity contribution in [3.63, 3.8) is 0 Å². The van der Waals surface area contributed by atoms with Crippen LogP contribution in [0.5, 0.6) is 5.75 Å². The summed E-state index contributed by atoms with van der Waals surface area (Å²) < 4.78 is 7.83. The molecular weight excluding hydrogens is 392 g/mol. The fraction of sp³-hybridized carbons (Fsp3) is 0.435. The monoisotopic (exact) mass is 422 g/mol. The van der Waals surface area contributed by atoms with E-state index < -0.39 is 0 Å². The van der Waals surface area contributed by atoms with Crippen molar-refractivity contribution in [2.75, 3.05) is 44.6 Å². The Morgan fingerprint density at radius 1 is 1.06 bits per heavy atom. The molecule has 3 heterocycles. The molecule has 31 heavy (non-hydrogen) atoms. The number of pyridine rings is 1. The number of carbonyl (C=O) groups excluding carboxylic acids is 1. The average Bonchev–Trinajstić information content (AvgIpc) is 3.17. The van der Waals surface area contributed by atoms with Gasteiger partial charge in [0.15, 0.2) is 5.65 Å². The number of aryl methyl sites for hydroxylation is 1. The summed E-state index contributed by atoms with van der Waals surface area (Å²) in [6.45, 7) is 9.49. The van der Waals surface area contributed by atoms with Gasteiger partial charge in [0.1, 0.15) is 17.1 Å². The van der Waals surface area contributed by atoms with Crippen molar-refractivity contribution in [1.82, 2.24) is 24.3 Å². The fourth-order valence-corrected chi connectivity index (χ4v) is 3.97. The standard InChI is InChI=1S/C23H30N6O2/c1-3-21-25-19-9-7-11-24-22(19)29(21)17-14-27-12-15-28(16-13-27)23(30)26-18-8-5-6-10-20(18)31-4-2/h5-11H,3-4,12-17H2,1-2H3,(H,26,30). The molecule has 1 saturated heterocycles. The largest absolute Gasteiger partial charge is 0.492 e. The Balaban J connectivity index is 1.31. The number of imidazole rings is 1. The van der Waals surface area contributed by atoms with Crippen LogP contribution < -0.4 is 10.1 Å². The van der Waals surface area contributed by atoms with E-state index in [2.05, 4.69) is 26.7 Å². The fourth-order valence-electron chi connectivity index (χ4n) is 3.97. The highest BCUT2D eigenvalue weighted by atomic mass is 16.5. The first-order valence-corrected chi connectivity index (χ1v) is 11.0. The summed E-state index contributed by atoms with van der Waals surface area (Å²) in [5.41, 5.74) is 2.61. The van der Waals surface area contributed by atoms with Crippen LogP contribution in [0.15, 0.2) is 42.6 Å². The summed E-state index contributed by atoms with van der Waals surface area (Å²) in [4.78, 5) is 26.2. The number of carbonyl (C=O) groups is 1. The summed E-state index contributed by atoms with van der Waals surface area (Å²) in [6, 6.07) is 11.4. The Hall–Kier alpha value is -3.13. The zero-order valence-electron chi connectivity index (χ0n) is 18.3. The second-order valence-electron chi connectivity index (χ2n) is 7.57. The van der Waals surface area contributed by atoms with Crippen molar-refractivity contribution in [2.24, 2.45) is 0 Å². The van der Waals surface area contributed by atoms with Crippen molar-refractivity contribution in [1.29, 1.82) is 0 Å². The number of nitrogens with zero attached hydrogens (tertiary/aromatic N) is 5. The lowest BCUT2D eigenvalue weighted by molar-refractivity contribution is 0.144. The van der Waals surface area contributed by atoms with Crippen molar-refractivity contribution >= 4 is 22.9 Å². The number of amides is 2. The summed E-state index contributed by atoms with van der Waals surface area (Å²) in [7, 11) is 0. The Labute approximate surface area is 182 Å². The highest BCUT2D eigenvalue weighted by Gasteiger charge is 2.22. The number of aromatic nitrogens is 3. The molecule has 3 aromatic rings. The van der Waals surface area contributed by atoms with Crippen LogP contribution in [0, 0.1) is 0 Å². The van der Waals surface area contributed by atoms with Gasteiger partial charge in [0.2, 0.25) is 0 Å². The van der Waals surface area contributed by atoms with Crippen LogP contribution in [0.1, 0.15) is 19.7 Å². The van der Waals surface area contributed by atoms with Gasteiger partial charge in [0, 0.05) is 51.9 Å². The van der Waals surface area contributed by atoms with Crippen LogP contribution in [0.25, 0.3) is 11.2 Å². The Bertz CT molecular complexity index is 1030. The Morgan fingerprint density at radius 3 is 2.65 bits per heavy atom. The molecule has 8 nitrogen and oxygen atoms in total. The molecule has 1 aliphatic rings. The molecule has 0 bridgehead atoms. The summed E-state index contributed by atoms with van der Waals surface area (Å²) in [5.74, 6) is 1.77. The third-order valence-corrected chi connectivity index (χ3v) is 5.63. The lowest BCUT2D eigenvalue weighted by atomic mass is 10.3. The Kier molecular flexibility index (Phi) is 6.66. The quantitative estimate of drug-likeness (QED) is 0.633. The van der Waals surface area contributed by atoms with E-state index in [9.17, 15) is 4.79 Å². The van der Waals surface area contributed by atoms with Crippen LogP contribution in [-0.4, -0.2) is 69.7 Å². The first-order chi connectivity index (χ1) is 15.2. The maximum absolute atomic E-state index is 12.7. The molecule has 0 atom stereocenters. The van der Waals surface area contributed by atoms with Gasteiger partial charge in [0.25, 0.3) is 0 Å². The number of hydrogen-bond donors (Lipinski definition) is 1. The van der Waals surface area contributed by atoms with Crippen LogP contribution in [0.4, 0.5) is 10.5 Å². The van der Waals surface area contributed by atoms with Gasteiger partial charge in [-0.15, -0.1) is 0 Å². The van der Waals surface area contributed by atoms with Crippen LogP contribution >= 0.6 is 0 Å². The zero-order valence-corrected chi connectivity index (χ0v) is 18.3. The molecule has 2 aromatic heterocycles. The van der Waals surface area contributed by atoms with E-state index in [4.69, 9.17) is 9.72 Å². The van der Waals surface area contributed by atoms with Gasteiger partial charge in [-0.05, 0) is 31.2 Å². The van der Waals surface area contributed by atoms with Gasteiger partial charge in [-0.1, -0.05) is 19.1 Å². The molecule has 1 N–H and O–H groups in total. The number of nitrogens with one attached hydrogen (secondary N) is 1. The van der Waals surface area contributed by atoms with Gasteiger partial charge in [-0.3, -0.25) is 4.90 Å². The minimum absolute atomic E-state index is 0.0788. The minimum atomic E-state index is -0.0788. The summed E-state index contributed by atoms with van der Waals surface area (Å²) in [6.07, 6.45) is 2.70. The van der Waals surface area contributed by atoms with E-state index >= 15 is 0 Å². The number of hydrogen-bond acceptors (Lipinski definition) is 5. The molecule has 1 aliphatic heterocycles. The molecule has 0 aliphatic carbocycles. The molecule has 0 spiro atoms. The van der Waals surface area contributed by atoms with Crippen LogP contribution in [0.3, 0.4) is 0 Å². The second-order valence-corrected chi connectivity index (χ2v) is 7.57. The second kappa shape index (κ2) is 9.78. The van der Waals surface area contributed by atoms with Gasteiger partial charge in [-0.25, -0.2) is 14.8 Å². The molecule has 0 unspecified atom stereocenters. The molecule has 1 fully saturated rings. The lowest BCUT2D eigenvalue weighted by Gasteiger charge is -2.34. The number of para-hydroxylation sites is 2. The molecule has 4 rings (SSSR count). The first kappa shape index (κ1) is 21.1. The minimum Gasteiger partial charge on any atom is -0.492 e. The molecule has 0 radical (unpaired) electrons. The number of anilines is 1. The lowest BCUT2D eigenvalue weighted by Crippen LogP contribution is -2.50. The van der Waals surface area contributed by atoms with Gasteiger partial charge in [0.05, 0.1) is 12.3 Å². The highest BCUT2D eigenvalue weighted by molar-refractivity contribution is 5.91. The SMILES string of the molecule is CCOc1ccccc1NC(=O)N1CCN(CCn2c(CC)nc3cccnc32)CC1. The number of ether oxygens (including phenoxy) is 1. The van der Waals surface area contributed by atoms with Crippen molar-refractivity contribution in [3.05, 3.63) is 48.4 Å². The Morgan fingerprint density at radius 2 is 1.87 bits per heavy atom. The van der Waals surface area contributed by atoms with Gasteiger partial charge >= 0.3 is 6.03 Å². The van der Waals surface area contributed by atoms with Crippen molar-refractivity contribution in [3.8, 4) is 5.75 Å². The number of benzene rings is 1. The van der Waals surface area contributed by atoms with E-state index in [1.165, 1.54) is 0 Å². The predicted molar refractivity (Wildman–Crippen MR) is 122 cm³/mol. The van der Waals surface area contributed by atoms with Crippen LogP contribution in [0.2, 0.25) is 0 Å². The smallest absolute Gasteiger partial charge is 0.322 e.